The van der Waals surface area contributed by atoms with Crippen molar-refractivity contribution in [3.05, 3.63) is 101 Å². The number of hydrogen-bond acceptors (Lipinski definition) is 5. The zero-order chi connectivity index (χ0) is 26.6. The second-order valence-electron chi connectivity index (χ2n) is 10.2. The Balaban J connectivity index is 1.19. The van der Waals surface area contributed by atoms with Gasteiger partial charge < -0.3 is 10.1 Å². The number of hydrogen-bond donors (Lipinski definition) is 1. The number of nitrogens with one attached hydrogen (secondary N) is 1. The maximum absolute atomic E-state index is 13.8. The molecular weight excluding hydrogens is 480 g/mol. The van der Waals surface area contributed by atoms with Crippen molar-refractivity contribution in [2.24, 2.45) is 11.8 Å². The molecule has 7 heteroatoms. The number of ether oxygens (including phenoxy) is 1. The van der Waals surface area contributed by atoms with Gasteiger partial charge in [-0.05, 0) is 53.3 Å². The van der Waals surface area contributed by atoms with E-state index in [1.54, 1.807) is 12.1 Å². The molecule has 7 rings (SSSR count). The summed E-state index contributed by atoms with van der Waals surface area (Å²) in [6, 6.07) is 22.2. The van der Waals surface area contributed by atoms with Crippen LogP contribution in [0.25, 0.3) is 0 Å². The number of benzene rings is 3. The molecule has 1 fully saturated rings. The van der Waals surface area contributed by atoms with Gasteiger partial charge in [0, 0.05) is 17.5 Å². The normalized spacial score (nSPS) is 23.4. The summed E-state index contributed by atoms with van der Waals surface area (Å²) in [5.74, 6) is -3.62. The first-order chi connectivity index (χ1) is 18.4. The first-order valence-electron chi connectivity index (χ1n) is 13.0. The average Bonchev–Trinajstić information content (AvgIpc) is 3.21. The van der Waals surface area contributed by atoms with Crippen LogP contribution in [0.5, 0.6) is 0 Å². The van der Waals surface area contributed by atoms with Crippen molar-refractivity contribution < 1.29 is 23.9 Å². The van der Waals surface area contributed by atoms with Crippen LogP contribution in [-0.4, -0.2) is 41.2 Å². The summed E-state index contributed by atoms with van der Waals surface area (Å²) in [6.45, 7) is 3.02. The SMILES string of the molecule is CCc1ccc(NC(=O)COC(=O)[C@H](C)N2C(=O)[C@H]3C4c5ccccc5C(c5ccccc54)[C@@H]3C2=O)cc1. The molecule has 0 unspecified atom stereocenters. The lowest BCUT2D eigenvalue weighted by atomic mass is 9.55. The molecule has 0 radical (unpaired) electrons. The molecule has 3 aliphatic carbocycles. The molecule has 0 spiro atoms. The first-order valence-corrected chi connectivity index (χ1v) is 13.0. The lowest BCUT2D eigenvalue weighted by molar-refractivity contribution is -0.159. The van der Waals surface area contributed by atoms with Crippen molar-refractivity contribution in [2.45, 2.75) is 38.1 Å². The van der Waals surface area contributed by atoms with E-state index in [1.807, 2.05) is 67.6 Å². The molecule has 1 N–H and O–H groups in total. The van der Waals surface area contributed by atoms with Gasteiger partial charge >= 0.3 is 5.97 Å². The van der Waals surface area contributed by atoms with E-state index in [9.17, 15) is 19.2 Å². The van der Waals surface area contributed by atoms with Crippen LogP contribution in [0.4, 0.5) is 5.69 Å². The van der Waals surface area contributed by atoms with Gasteiger partial charge in [0.05, 0.1) is 11.8 Å². The second kappa shape index (κ2) is 9.24. The Morgan fingerprint density at radius 1 is 0.816 bits per heavy atom. The van der Waals surface area contributed by atoms with Gasteiger partial charge in [-0.25, -0.2) is 4.79 Å². The Labute approximate surface area is 220 Å². The first kappa shape index (κ1) is 24.1. The number of carbonyl (C=O) groups is 4. The minimum atomic E-state index is -1.14. The van der Waals surface area contributed by atoms with Crippen molar-refractivity contribution in [3.63, 3.8) is 0 Å². The minimum absolute atomic E-state index is 0.244. The maximum atomic E-state index is 13.8. The van der Waals surface area contributed by atoms with Gasteiger partial charge in [0.1, 0.15) is 6.04 Å². The summed E-state index contributed by atoms with van der Waals surface area (Å²) in [7, 11) is 0. The number of imide groups is 1. The second-order valence-corrected chi connectivity index (χ2v) is 10.2. The third-order valence-electron chi connectivity index (χ3n) is 8.20. The van der Waals surface area contributed by atoms with E-state index in [0.717, 1.165) is 39.1 Å². The van der Waals surface area contributed by atoms with Crippen molar-refractivity contribution >= 4 is 29.4 Å². The molecule has 0 aromatic heterocycles. The molecule has 4 aliphatic rings. The number of carbonyl (C=O) groups excluding carboxylic acids is 4. The Morgan fingerprint density at radius 3 is 1.74 bits per heavy atom. The van der Waals surface area contributed by atoms with Gasteiger partial charge in [0.15, 0.2) is 6.61 Å². The molecule has 0 saturated carbocycles. The highest BCUT2D eigenvalue weighted by atomic mass is 16.5. The van der Waals surface area contributed by atoms with Crippen molar-refractivity contribution in [2.75, 3.05) is 11.9 Å². The monoisotopic (exact) mass is 508 g/mol. The summed E-state index contributed by atoms with van der Waals surface area (Å²) < 4.78 is 5.24. The van der Waals surface area contributed by atoms with Crippen LogP contribution >= 0.6 is 0 Å². The molecule has 192 valence electrons. The summed E-state index contributed by atoms with van der Waals surface area (Å²) in [5, 5.41) is 2.69. The van der Waals surface area contributed by atoms with Gasteiger partial charge in [-0.15, -0.1) is 0 Å². The zero-order valence-electron chi connectivity index (χ0n) is 21.2. The van der Waals surface area contributed by atoms with Gasteiger partial charge in [-0.2, -0.15) is 0 Å². The lowest BCUT2D eigenvalue weighted by Gasteiger charge is -2.45. The molecule has 7 nitrogen and oxygen atoms in total. The highest BCUT2D eigenvalue weighted by Gasteiger charge is 2.62. The van der Waals surface area contributed by atoms with E-state index >= 15 is 0 Å². The average molecular weight is 509 g/mol. The van der Waals surface area contributed by atoms with Crippen LogP contribution in [0.3, 0.4) is 0 Å². The van der Waals surface area contributed by atoms with Gasteiger partial charge in [0.2, 0.25) is 11.8 Å². The fourth-order valence-electron chi connectivity index (χ4n) is 6.47. The van der Waals surface area contributed by atoms with Crippen LogP contribution in [0, 0.1) is 11.8 Å². The minimum Gasteiger partial charge on any atom is -0.454 e. The summed E-state index contributed by atoms with van der Waals surface area (Å²) in [6.07, 6.45) is 0.888. The third kappa shape index (κ3) is 3.64. The summed E-state index contributed by atoms with van der Waals surface area (Å²) in [5.41, 5.74) is 6.01. The molecular formula is C31H28N2O5. The predicted molar refractivity (Wildman–Crippen MR) is 140 cm³/mol. The highest BCUT2D eigenvalue weighted by Crippen LogP contribution is 2.61. The summed E-state index contributed by atoms with van der Waals surface area (Å²) >= 11 is 0. The molecule has 2 bridgehead atoms. The number of aryl methyl sites for hydroxylation is 1. The predicted octanol–water partition coefficient (Wildman–Crippen LogP) is 4.01. The molecule has 1 heterocycles. The summed E-state index contributed by atoms with van der Waals surface area (Å²) in [4.78, 5) is 53.9. The van der Waals surface area contributed by atoms with Crippen LogP contribution < -0.4 is 5.32 Å². The topological polar surface area (TPSA) is 92.8 Å². The molecule has 1 saturated heterocycles. The maximum Gasteiger partial charge on any atom is 0.329 e. The molecule has 3 amide bonds. The number of anilines is 1. The zero-order valence-corrected chi connectivity index (χ0v) is 21.2. The van der Waals surface area contributed by atoms with Gasteiger partial charge in [-0.3, -0.25) is 19.3 Å². The standard InChI is InChI=1S/C31H28N2O5/c1-3-18-12-14-19(15-13-18)32-24(34)16-38-31(37)17(2)33-29(35)27-25-20-8-4-5-9-21(20)26(28(27)30(33)36)23-11-7-6-10-22(23)25/h4-15,17,25-28H,3,16H2,1-2H3,(H,32,34)/t17-,25?,26?,27-,28-/m0/s1. The van der Waals surface area contributed by atoms with Crippen molar-refractivity contribution in [1.82, 2.24) is 4.90 Å². The lowest BCUT2D eigenvalue weighted by Crippen LogP contribution is -2.45. The van der Waals surface area contributed by atoms with E-state index in [4.69, 9.17) is 4.74 Å². The largest absolute Gasteiger partial charge is 0.454 e. The third-order valence-corrected chi connectivity index (χ3v) is 8.20. The smallest absolute Gasteiger partial charge is 0.329 e. The van der Waals surface area contributed by atoms with E-state index < -0.39 is 36.4 Å². The van der Waals surface area contributed by atoms with Crippen LogP contribution in [-0.2, 0) is 30.3 Å². The molecule has 1 aliphatic heterocycles. The fraction of sp³-hybridized carbons (Fsp3) is 0.290. The molecule has 3 atom stereocenters. The Morgan fingerprint density at radius 2 is 1.29 bits per heavy atom. The Bertz CT molecular complexity index is 1350. The van der Waals surface area contributed by atoms with E-state index in [-0.39, 0.29) is 23.7 Å². The highest BCUT2D eigenvalue weighted by molar-refractivity contribution is 6.10. The van der Waals surface area contributed by atoms with E-state index in [1.165, 1.54) is 6.92 Å². The number of nitrogens with zero attached hydrogens (tertiary/aromatic N) is 1. The Kier molecular flexibility index (Phi) is 5.86. The van der Waals surface area contributed by atoms with Crippen molar-refractivity contribution in [1.29, 1.82) is 0 Å². The number of esters is 1. The molecule has 3 aromatic carbocycles. The fourth-order valence-corrected chi connectivity index (χ4v) is 6.47. The van der Waals surface area contributed by atoms with Gasteiger partial charge in [0.25, 0.3) is 5.91 Å². The van der Waals surface area contributed by atoms with Crippen LogP contribution in [0.1, 0.15) is 53.5 Å². The molecule has 38 heavy (non-hydrogen) atoms. The van der Waals surface area contributed by atoms with Gasteiger partial charge in [-0.1, -0.05) is 67.6 Å². The Hall–Kier alpha value is -4.26. The van der Waals surface area contributed by atoms with E-state index in [2.05, 4.69) is 5.32 Å². The van der Waals surface area contributed by atoms with E-state index in [0.29, 0.717) is 5.69 Å². The van der Waals surface area contributed by atoms with Crippen LogP contribution in [0.2, 0.25) is 0 Å². The quantitative estimate of drug-likeness (QED) is 0.401. The van der Waals surface area contributed by atoms with Crippen molar-refractivity contribution in [3.8, 4) is 0 Å². The van der Waals surface area contributed by atoms with Crippen LogP contribution in [0.15, 0.2) is 72.8 Å². The number of amides is 3. The number of likely N-dealkylation sites (tertiary alicyclic amines) is 1. The molecule has 3 aromatic rings. The number of rotatable bonds is 6.